The predicted octanol–water partition coefficient (Wildman–Crippen LogP) is 2.63. The van der Waals surface area contributed by atoms with Crippen LogP contribution in [0.3, 0.4) is 0 Å². The summed E-state index contributed by atoms with van der Waals surface area (Å²) >= 11 is 0. The van der Waals surface area contributed by atoms with E-state index in [0.717, 1.165) is 63.2 Å². The Labute approximate surface area is 182 Å². The molecule has 2 N–H and O–H groups in total. The SMILES string of the molecule is CCN1CCN(c2ccc(CNC(=NC)NCCOC3CCCCCC3)cn2)CC1. The van der Waals surface area contributed by atoms with E-state index in [-0.39, 0.29) is 0 Å². The molecule has 7 nitrogen and oxygen atoms in total. The molecule has 1 saturated carbocycles. The van der Waals surface area contributed by atoms with Gasteiger partial charge in [0.15, 0.2) is 5.96 Å². The highest BCUT2D eigenvalue weighted by Gasteiger charge is 2.16. The molecule has 3 rings (SSSR count). The molecule has 0 aromatic carbocycles. The lowest BCUT2D eigenvalue weighted by molar-refractivity contribution is 0.0468. The third kappa shape index (κ3) is 7.43. The highest BCUT2D eigenvalue weighted by molar-refractivity contribution is 5.79. The Bertz CT molecular complexity index is 619. The van der Waals surface area contributed by atoms with Crippen molar-refractivity contribution in [2.45, 2.75) is 58.1 Å². The summed E-state index contributed by atoms with van der Waals surface area (Å²) < 4.78 is 6.04. The van der Waals surface area contributed by atoms with Crippen molar-refractivity contribution in [1.82, 2.24) is 20.5 Å². The molecule has 0 bridgehead atoms. The van der Waals surface area contributed by atoms with Gasteiger partial charge in [-0.3, -0.25) is 4.99 Å². The van der Waals surface area contributed by atoms with E-state index >= 15 is 0 Å². The fraction of sp³-hybridized carbons (Fsp3) is 0.739. The maximum absolute atomic E-state index is 6.04. The Hall–Kier alpha value is -1.86. The predicted molar refractivity (Wildman–Crippen MR) is 124 cm³/mol. The molecule has 2 heterocycles. The van der Waals surface area contributed by atoms with E-state index in [1.807, 2.05) is 6.20 Å². The quantitative estimate of drug-likeness (QED) is 0.294. The summed E-state index contributed by atoms with van der Waals surface area (Å²) in [4.78, 5) is 13.8. The fourth-order valence-electron chi connectivity index (χ4n) is 4.21. The van der Waals surface area contributed by atoms with Crippen LogP contribution in [0.2, 0.25) is 0 Å². The van der Waals surface area contributed by atoms with Gasteiger partial charge in [0, 0.05) is 52.5 Å². The van der Waals surface area contributed by atoms with Crippen molar-refractivity contribution in [3.8, 4) is 0 Å². The number of hydrogen-bond acceptors (Lipinski definition) is 5. The smallest absolute Gasteiger partial charge is 0.191 e. The van der Waals surface area contributed by atoms with Crippen LogP contribution < -0.4 is 15.5 Å². The van der Waals surface area contributed by atoms with Crippen LogP contribution >= 0.6 is 0 Å². The van der Waals surface area contributed by atoms with Gasteiger partial charge in [0.1, 0.15) is 5.82 Å². The number of rotatable bonds is 8. The number of nitrogens with zero attached hydrogens (tertiary/aromatic N) is 4. The highest BCUT2D eigenvalue weighted by atomic mass is 16.5. The van der Waals surface area contributed by atoms with Crippen LogP contribution in [-0.4, -0.2) is 74.9 Å². The number of hydrogen-bond donors (Lipinski definition) is 2. The van der Waals surface area contributed by atoms with E-state index in [2.05, 4.69) is 49.5 Å². The molecule has 0 amide bonds. The minimum atomic E-state index is 0.443. The Morgan fingerprint density at radius 3 is 2.50 bits per heavy atom. The third-order valence-electron chi connectivity index (χ3n) is 6.19. The number of guanidine groups is 1. The standard InChI is InChI=1S/C23H40N6O/c1-3-28-13-15-29(16-14-28)22-11-10-20(18-26-22)19-27-23(24-2)25-12-17-30-21-8-6-4-5-7-9-21/h10-11,18,21H,3-9,12-17,19H2,1-2H3,(H2,24,25,27). The molecule has 0 spiro atoms. The van der Waals surface area contributed by atoms with Crippen LogP contribution in [0.15, 0.2) is 23.3 Å². The molecule has 1 aromatic rings. The topological polar surface area (TPSA) is 65.0 Å². The van der Waals surface area contributed by atoms with Crippen molar-refractivity contribution in [3.63, 3.8) is 0 Å². The first-order chi connectivity index (χ1) is 14.8. The van der Waals surface area contributed by atoms with Crippen molar-refractivity contribution in [2.75, 3.05) is 57.8 Å². The molecule has 168 valence electrons. The lowest BCUT2D eigenvalue weighted by atomic mass is 10.1. The summed E-state index contributed by atoms with van der Waals surface area (Å²) in [6, 6.07) is 4.29. The maximum atomic E-state index is 6.04. The number of likely N-dealkylation sites (N-methyl/N-ethyl adjacent to an activating group) is 1. The van der Waals surface area contributed by atoms with Crippen LogP contribution in [0.25, 0.3) is 0 Å². The summed E-state index contributed by atoms with van der Waals surface area (Å²) in [5, 5.41) is 6.72. The van der Waals surface area contributed by atoms with Crippen molar-refractivity contribution in [3.05, 3.63) is 23.9 Å². The van der Waals surface area contributed by atoms with E-state index in [1.165, 1.54) is 38.5 Å². The van der Waals surface area contributed by atoms with Gasteiger partial charge in [0.25, 0.3) is 0 Å². The van der Waals surface area contributed by atoms with E-state index < -0.39 is 0 Å². The van der Waals surface area contributed by atoms with E-state index in [9.17, 15) is 0 Å². The zero-order valence-electron chi connectivity index (χ0n) is 18.9. The van der Waals surface area contributed by atoms with Gasteiger partial charge in [-0.1, -0.05) is 38.7 Å². The number of nitrogens with one attached hydrogen (secondary N) is 2. The second-order valence-corrected chi connectivity index (χ2v) is 8.28. The van der Waals surface area contributed by atoms with Gasteiger partial charge in [0.2, 0.25) is 0 Å². The number of piperazine rings is 1. The van der Waals surface area contributed by atoms with Crippen molar-refractivity contribution in [1.29, 1.82) is 0 Å². The molecule has 7 heteroatoms. The molecule has 0 radical (unpaired) electrons. The fourth-order valence-corrected chi connectivity index (χ4v) is 4.21. The molecule has 1 aliphatic heterocycles. The monoisotopic (exact) mass is 416 g/mol. The van der Waals surface area contributed by atoms with E-state index in [4.69, 9.17) is 4.74 Å². The molecule has 1 aliphatic carbocycles. The first kappa shape index (κ1) is 22.8. The van der Waals surface area contributed by atoms with E-state index in [1.54, 1.807) is 7.05 Å². The Kier molecular flexibility index (Phi) is 9.70. The van der Waals surface area contributed by atoms with Crippen LogP contribution in [0.1, 0.15) is 51.0 Å². The summed E-state index contributed by atoms with van der Waals surface area (Å²) in [5.74, 6) is 1.88. The van der Waals surface area contributed by atoms with Gasteiger partial charge < -0.3 is 25.2 Å². The summed E-state index contributed by atoms with van der Waals surface area (Å²) in [6.45, 7) is 9.92. The zero-order valence-corrected chi connectivity index (χ0v) is 18.9. The second kappa shape index (κ2) is 12.7. The molecule has 1 aromatic heterocycles. The van der Waals surface area contributed by atoms with E-state index in [0.29, 0.717) is 12.6 Å². The highest BCUT2D eigenvalue weighted by Crippen LogP contribution is 2.19. The summed E-state index contributed by atoms with van der Waals surface area (Å²) in [6.07, 6.45) is 10.2. The number of pyridine rings is 1. The molecular formula is C23H40N6O. The third-order valence-corrected chi connectivity index (χ3v) is 6.19. The lowest BCUT2D eigenvalue weighted by Crippen LogP contribution is -2.46. The second-order valence-electron chi connectivity index (χ2n) is 8.28. The molecule has 2 aliphatic rings. The average molecular weight is 417 g/mol. The number of aromatic nitrogens is 1. The van der Waals surface area contributed by atoms with Crippen LogP contribution in [0, 0.1) is 0 Å². The molecule has 0 atom stereocenters. The minimum Gasteiger partial charge on any atom is -0.376 e. The largest absolute Gasteiger partial charge is 0.376 e. The van der Waals surface area contributed by atoms with Crippen LogP contribution in [0.5, 0.6) is 0 Å². The Morgan fingerprint density at radius 2 is 1.87 bits per heavy atom. The molecular weight excluding hydrogens is 376 g/mol. The minimum absolute atomic E-state index is 0.443. The molecule has 0 unspecified atom stereocenters. The number of aliphatic imine (C=N–C) groups is 1. The van der Waals surface area contributed by atoms with Crippen molar-refractivity contribution < 1.29 is 4.74 Å². The molecule has 30 heavy (non-hydrogen) atoms. The van der Waals surface area contributed by atoms with Gasteiger partial charge in [-0.15, -0.1) is 0 Å². The average Bonchev–Trinajstić information content (AvgIpc) is 3.08. The van der Waals surface area contributed by atoms with Gasteiger partial charge in [-0.25, -0.2) is 4.98 Å². The Balaban J connectivity index is 1.34. The Morgan fingerprint density at radius 1 is 1.10 bits per heavy atom. The van der Waals surface area contributed by atoms with Gasteiger partial charge in [-0.2, -0.15) is 0 Å². The van der Waals surface area contributed by atoms with Gasteiger partial charge in [-0.05, 0) is 31.0 Å². The van der Waals surface area contributed by atoms with Gasteiger partial charge in [0.05, 0.1) is 12.7 Å². The normalized spacial score (nSPS) is 19.5. The first-order valence-corrected chi connectivity index (χ1v) is 11.8. The van der Waals surface area contributed by atoms with Gasteiger partial charge >= 0.3 is 0 Å². The van der Waals surface area contributed by atoms with Crippen LogP contribution in [-0.2, 0) is 11.3 Å². The number of anilines is 1. The molecule has 1 saturated heterocycles. The molecule has 2 fully saturated rings. The van der Waals surface area contributed by atoms with Crippen molar-refractivity contribution in [2.24, 2.45) is 4.99 Å². The summed E-state index contributed by atoms with van der Waals surface area (Å²) in [5.41, 5.74) is 1.16. The van der Waals surface area contributed by atoms with Crippen molar-refractivity contribution >= 4 is 11.8 Å². The zero-order chi connectivity index (χ0) is 21.0. The first-order valence-electron chi connectivity index (χ1n) is 11.8. The number of ether oxygens (including phenoxy) is 1. The summed E-state index contributed by atoms with van der Waals surface area (Å²) in [7, 11) is 1.80. The van der Waals surface area contributed by atoms with Crippen LogP contribution in [0.4, 0.5) is 5.82 Å². The maximum Gasteiger partial charge on any atom is 0.191 e. The lowest BCUT2D eigenvalue weighted by Gasteiger charge is -2.34.